The monoisotopic (exact) mass is 434 g/mol. The first-order valence-electron chi connectivity index (χ1n) is 11.8. The van der Waals surface area contributed by atoms with Gasteiger partial charge in [-0.25, -0.2) is 4.98 Å². The molecule has 0 fully saturated rings. The standard InChI is InChI=1S/C31H18N2O/c1-2-4-17(5-3-1)20-14-15-32-25(16-20)33-21-10-6-18-8-12-23-30-26(18)28(21)29-22(33)11-7-19-9-13-24(34-23)31(30)27(19)29/h1-6,8-16,23H,7H2. The predicted molar refractivity (Wildman–Crippen MR) is 137 cm³/mol. The van der Waals surface area contributed by atoms with Gasteiger partial charge in [0.05, 0.1) is 10.9 Å². The van der Waals surface area contributed by atoms with Crippen molar-refractivity contribution in [1.29, 1.82) is 0 Å². The molecular formula is C31H18N2O. The minimum atomic E-state index is 0.00462. The third kappa shape index (κ3) is 1.90. The number of hydrogen-bond acceptors (Lipinski definition) is 2. The number of hydrogen-bond donors (Lipinski definition) is 0. The van der Waals surface area contributed by atoms with Crippen molar-refractivity contribution in [2.45, 2.75) is 12.5 Å². The van der Waals surface area contributed by atoms with Crippen LogP contribution >= 0.6 is 0 Å². The van der Waals surface area contributed by atoms with Gasteiger partial charge in [0.1, 0.15) is 17.7 Å². The first-order valence-corrected chi connectivity index (χ1v) is 11.8. The van der Waals surface area contributed by atoms with Crippen LogP contribution in [0.2, 0.25) is 0 Å². The zero-order valence-corrected chi connectivity index (χ0v) is 18.2. The second-order valence-electron chi connectivity index (χ2n) is 9.48. The number of benzene rings is 4. The molecule has 3 heterocycles. The molecule has 2 aliphatic carbocycles. The molecule has 3 nitrogen and oxygen atoms in total. The Bertz CT molecular complexity index is 1960. The Kier molecular flexibility index (Phi) is 2.90. The molecule has 2 aromatic heterocycles. The molecule has 9 rings (SSSR count). The second-order valence-corrected chi connectivity index (χ2v) is 9.48. The topological polar surface area (TPSA) is 27.1 Å². The third-order valence-corrected chi connectivity index (χ3v) is 7.83. The Morgan fingerprint density at radius 1 is 0.824 bits per heavy atom. The van der Waals surface area contributed by atoms with Crippen molar-refractivity contribution in [1.82, 2.24) is 9.55 Å². The zero-order chi connectivity index (χ0) is 22.0. The van der Waals surface area contributed by atoms with E-state index < -0.39 is 0 Å². The molecule has 0 saturated heterocycles. The SMILES string of the molecule is C1=CC2Oc3ccc4c5c3c2c2c1ccc1c2c5c(n1-c1cc(-c2ccccc2)ccn1)=CC4. The van der Waals surface area contributed by atoms with Gasteiger partial charge in [-0.2, -0.15) is 0 Å². The molecule has 1 unspecified atom stereocenters. The largest absolute Gasteiger partial charge is 0.481 e. The summed E-state index contributed by atoms with van der Waals surface area (Å²) in [6.07, 6.45) is 9.67. The molecule has 0 radical (unpaired) electrons. The fraction of sp³-hybridized carbons (Fsp3) is 0.0645. The Labute approximate surface area is 195 Å². The van der Waals surface area contributed by atoms with Gasteiger partial charge in [-0.3, -0.25) is 4.57 Å². The molecule has 3 heteroatoms. The molecule has 1 atom stereocenters. The van der Waals surface area contributed by atoms with E-state index >= 15 is 0 Å². The maximum absolute atomic E-state index is 6.40. The lowest BCUT2D eigenvalue weighted by molar-refractivity contribution is 0.277. The lowest BCUT2D eigenvalue weighted by atomic mass is 9.84. The van der Waals surface area contributed by atoms with Crippen LogP contribution in [0.15, 0.2) is 79.0 Å². The average molecular weight is 434 g/mol. The fourth-order valence-corrected chi connectivity index (χ4v) is 6.48. The summed E-state index contributed by atoms with van der Waals surface area (Å²) in [4.78, 5) is 4.87. The highest BCUT2D eigenvalue weighted by atomic mass is 16.5. The molecule has 6 aromatic rings. The zero-order valence-electron chi connectivity index (χ0n) is 18.2. The van der Waals surface area contributed by atoms with E-state index in [9.17, 15) is 0 Å². The van der Waals surface area contributed by atoms with Crippen LogP contribution in [0, 0.1) is 0 Å². The normalized spacial score (nSPS) is 16.8. The van der Waals surface area contributed by atoms with E-state index in [1.165, 1.54) is 65.6 Å². The summed E-state index contributed by atoms with van der Waals surface area (Å²) in [5.74, 6) is 1.98. The van der Waals surface area contributed by atoms with Crippen LogP contribution in [0.1, 0.15) is 22.8 Å². The van der Waals surface area contributed by atoms with Gasteiger partial charge >= 0.3 is 0 Å². The van der Waals surface area contributed by atoms with Gasteiger partial charge < -0.3 is 4.74 Å². The second kappa shape index (κ2) is 5.75. The first kappa shape index (κ1) is 17.2. The number of pyridine rings is 1. The highest BCUT2D eigenvalue weighted by Gasteiger charge is 2.34. The Morgan fingerprint density at radius 2 is 1.76 bits per heavy atom. The smallest absolute Gasteiger partial charge is 0.144 e. The summed E-state index contributed by atoms with van der Waals surface area (Å²) in [6, 6.07) is 23.8. The number of nitrogens with zero attached hydrogens (tertiary/aromatic N) is 2. The van der Waals surface area contributed by atoms with Gasteiger partial charge in [0.15, 0.2) is 0 Å². The van der Waals surface area contributed by atoms with Gasteiger partial charge in [-0.05, 0) is 69.8 Å². The summed E-state index contributed by atoms with van der Waals surface area (Å²) in [7, 11) is 0. The maximum Gasteiger partial charge on any atom is 0.144 e. The van der Waals surface area contributed by atoms with E-state index in [1.807, 2.05) is 6.20 Å². The van der Waals surface area contributed by atoms with Gasteiger partial charge in [0, 0.05) is 27.9 Å². The van der Waals surface area contributed by atoms with E-state index in [0.717, 1.165) is 18.0 Å². The molecule has 1 aliphatic heterocycles. The van der Waals surface area contributed by atoms with Crippen LogP contribution in [-0.4, -0.2) is 9.55 Å². The van der Waals surface area contributed by atoms with Crippen LogP contribution in [0.3, 0.4) is 0 Å². The third-order valence-electron chi connectivity index (χ3n) is 7.83. The average Bonchev–Trinajstić information content (AvgIpc) is 3.45. The molecular weight excluding hydrogens is 416 g/mol. The van der Waals surface area contributed by atoms with E-state index in [1.54, 1.807) is 0 Å². The van der Waals surface area contributed by atoms with Gasteiger partial charge in [-0.1, -0.05) is 54.6 Å². The van der Waals surface area contributed by atoms with E-state index in [0.29, 0.717) is 0 Å². The van der Waals surface area contributed by atoms with Crippen LogP contribution < -0.4 is 10.1 Å². The Balaban J connectivity index is 1.48. The number of aromatic nitrogens is 2. The number of ether oxygens (including phenoxy) is 1. The Morgan fingerprint density at radius 3 is 2.71 bits per heavy atom. The highest BCUT2D eigenvalue weighted by Crippen LogP contribution is 2.53. The maximum atomic E-state index is 6.40. The van der Waals surface area contributed by atoms with Crippen molar-refractivity contribution in [2.24, 2.45) is 0 Å². The van der Waals surface area contributed by atoms with E-state index in [-0.39, 0.29) is 6.10 Å². The molecule has 0 spiro atoms. The molecule has 0 saturated carbocycles. The minimum absolute atomic E-state index is 0.00462. The lowest BCUT2D eigenvalue weighted by Gasteiger charge is -2.18. The van der Waals surface area contributed by atoms with Gasteiger partial charge in [-0.15, -0.1) is 0 Å². The summed E-state index contributed by atoms with van der Waals surface area (Å²) in [5.41, 5.74) is 7.61. The minimum Gasteiger partial charge on any atom is -0.481 e. The van der Waals surface area contributed by atoms with Crippen molar-refractivity contribution in [3.63, 3.8) is 0 Å². The van der Waals surface area contributed by atoms with E-state index in [4.69, 9.17) is 9.72 Å². The molecule has 4 aromatic carbocycles. The van der Waals surface area contributed by atoms with Crippen LogP contribution in [0.25, 0.3) is 61.5 Å². The van der Waals surface area contributed by atoms with Gasteiger partial charge in [0.2, 0.25) is 0 Å². The molecule has 158 valence electrons. The summed E-state index contributed by atoms with van der Waals surface area (Å²) in [5, 5.41) is 7.97. The Hall–Kier alpha value is -4.37. The van der Waals surface area contributed by atoms with Crippen molar-refractivity contribution >= 4 is 44.6 Å². The van der Waals surface area contributed by atoms with Gasteiger partial charge in [0.25, 0.3) is 0 Å². The first-order chi connectivity index (χ1) is 16.9. The van der Waals surface area contributed by atoms with Crippen LogP contribution in [0.5, 0.6) is 5.75 Å². The summed E-state index contributed by atoms with van der Waals surface area (Å²) < 4.78 is 8.77. The highest BCUT2D eigenvalue weighted by molar-refractivity contribution is 6.28. The molecule has 3 aliphatic rings. The molecule has 0 bridgehead atoms. The predicted octanol–water partition coefficient (Wildman–Crippen LogP) is 6.51. The van der Waals surface area contributed by atoms with Crippen LogP contribution in [-0.2, 0) is 6.42 Å². The fourth-order valence-electron chi connectivity index (χ4n) is 6.48. The van der Waals surface area contributed by atoms with Crippen molar-refractivity contribution < 1.29 is 4.74 Å². The summed E-state index contributed by atoms with van der Waals surface area (Å²) in [6.45, 7) is 0. The van der Waals surface area contributed by atoms with Crippen LogP contribution in [0.4, 0.5) is 0 Å². The van der Waals surface area contributed by atoms with Crippen molar-refractivity contribution in [3.8, 4) is 22.7 Å². The molecule has 0 N–H and O–H groups in total. The van der Waals surface area contributed by atoms with Crippen molar-refractivity contribution in [3.05, 3.63) is 101 Å². The quantitative estimate of drug-likeness (QED) is 0.290. The summed E-state index contributed by atoms with van der Waals surface area (Å²) >= 11 is 0. The lowest BCUT2D eigenvalue weighted by Crippen LogP contribution is -2.18. The van der Waals surface area contributed by atoms with E-state index in [2.05, 4.69) is 89.5 Å². The molecule has 0 amide bonds. The molecule has 34 heavy (non-hydrogen) atoms. The number of rotatable bonds is 2. The van der Waals surface area contributed by atoms with Crippen molar-refractivity contribution in [2.75, 3.05) is 0 Å².